The van der Waals surface area contributed by atoms with Crippen LogP contribution in [0.3, 0.4) is 0 Å². The van der Waals surface area contributed by atoms with Gasteiger partial charge < -0.3 is 16.0 Å². The Morgan fingerprint density at radius 2 is 1.68 bits per heavy atom. The van der Waals surface area contributed by atoms with Gasteiger partial charge in [-0.1, -0.05) is 32.9 Å². The van der Waals surface area contributed by atoms with Gasteiger partial charge in [0.25, 0.3) is 0 Å². The van der Waals surface area contributed by atoms with Gasteiger partial charge in [0.2, 0.25) is 0 Å². The van der Waals surface area contributed by atoms with Crippen molar-refractivity contribution in [1.82, 2.24) is 25.3 Å². The fraction of sp³-hybridized carbons (Fsp3) is 0.391. The number of benzene rings is 1. The molecule has 0 aliphatic heterocycles. The number of carbonyl (C=O) groups excluding carboxylic acids is 1. The lowest BCUT2D eigenvalue weighted by Crippen LogP contribution is -2.32. The third kappa shape index (κ3) is 5.59. The molecule has 0 aliphatic rings. The molecule has 0 spiro atoms. The molecule has 0 radical (unpaired) electrons. The Morgan fingerprint density at radius 3 is 2.23 bits per heavy atom. The number of aryl methyl sites for hydroxylation is 1. The van der Waals surface area contributed by atoms with Crippen molar-refractivity contribution in [1.29, 1.82) is 0 Å². The molecule has 0 saturated heterocycles. The highest BCUT2D eigenvalue weighted by Crippen LogP contribution is 2.23. The molecule has 2 aromatic heterocycles. The lowest BCUT2D eigenvalue weighted by atomic mass is 9.87. The van der Waals surface area contributed by atoms with E-state index in [4.69, 9.17) is 0 Å². The summed E-state index contributed by atoms with van der Waals surface area (Å²) in [5, 5.41) is 21.8. The molecule has 0 fully saturated rings. The summed E-state index contributed by atoms with van der Waals surface area (Å²) in [5.74, 6) is 1.32. The zero-order valence-electron chi connectivity index (χ0n) is 19.1. The number of hydrogen-bond acceptors (Lipinski definition) is 5. The molecule has 8 heteroatoms. The molecule has 0 aliphatic carbocycles. The Labute approximate surface area is 183 Å². The standard InChI is InChI=1S/C23H31N7O/c1-15-16(2)29-30(17(15)3)21-12-11-20(27-28-21)24-13-14-25-22(31)26-19-9-7-18(8-10-19)23(4,5)6/h7-12H,13-14H2,1-6H3,(H,24,27)(H2,25,26,31). The van der Waals surface area contributed by atoms with Gasteiger partial charge in [0, 0.05) is 24.5 Å². The van der Waals surface area contributed by atoms with Crippen LogP contribution in [0.1, 0.15) is 43.3 Å². The first kappa shape index (κ1) is 22.3. The smallest absolute Gasteiger partial charge is 0.319 e. The Kier molecular flexibility index (Phi) is 6.58. The van der Waals surface area contributed by atoms with Gasteiger partial charge in [0.15, 0.2) is 5.82 Å². The van der Waals surface area contributed by atoms with Crippen LogP contribution in [0.5, 0.6) is 0 Å². The van der Waals surface area contributed by atoms with Crippen LogP contribution in [0, 0.1) is 20.8 Å². The molecule has 1 aromatic carbocycles. The average molecular weight is 422 g/mol. The van der Waals surface area contributed by atoms with Crippen LogP contribution >= 0.6 is 0 Å². The van der Waals surface area contributed by atoms with Crippen molar-refractivity contribution >= 4 is 17.5 Å². The van der Waals surface area contributed by atoms with E-state index in [-0.39, 0.29) is 11.4 Å². The molecule has 2 heterocycles. The molecule has 2 amide bonds. The molecule has 0 saturated carbocycles. The molecule has 0 bridgehead atoms. The van der Waals surface area contributed by atoms with E-state index in [9.17, 15) is 4.79 Å². The van der Waals surface area contributed by atoms with Gasteiger partial charge in [-0.3, -0.25) is 0 Å². The molecule has 3 aromatic rings. The van der Waals surface area contributed by atoms with Gasteiger partial charge in [0.1, 0.15) is 5.82 Å². The topological polar surface area (TPSA) is 96.8 Å². The van der Waals surface area contributed by atoms with Crippen molar-refractivity contribution in [2.45, 2.75) is 47.0 Å². The lowest BCUT2D eigenvalue weighted by Gasteiger charge is -2.19. The number of hydrogen-bond donors (Lipinski definition) is 3. The van der Waals surface area contributed by atoms with E-state index in [1.807, 2.05) is 57.2 Å². The van der Waals surface area contributed by atoms with E-state index in [0.717, 1.165) is 22.6 Å². The van der Waals surface area contributed by atoms with E-state index in [0.29, 0.717) is 24.7 Å². The van der Waals surface area contributed by atoms with Crippen molar-refractivity contribution in [3.05, 3.63) is 58.9 Å². The molecule has 31 heavy (non-hydrogen) atoms. The first-order chi connectivity index (χ1) is 14.6. The highest BCUT2D eigenvalue weighted by Gasteiger charge is 2.13. The molecule has 8 nitrogen and oxygen atoms in total. The largest absolute Gasteiger partial charge is 0.367 e. The maximum atomic E-state index is 12.1. The first-order valence-corrected chi connectivity index (χ1v) is 10.4. The number of aromatic nitrogens is 4. The number of anilines is 2. The maximum Gasteiger partial charge on any atom is 0.319 e. The summed E-state index contributed by atoms with van der Waals surface area (Å²) in [7, 11) is 0. The molecular weight excluding hydrogens is 390 g/mol. The minimum atomic E-state index is -0.244. The zero-order chi connectivity index (χ0) is 22.6. The van der Waals surface area contributed by atoms with E-state index < -0.39 is 0 Å². The average Bonchev–Trinajstić information content (AvgIpc) is 2.99. The fourth-order valence-electron chi connectivity index (χ4n) is 3.07. The van der Waals surface area contributed by atoms with Crippen molar-refractivity contribution < 1.29 is 4.79 Å². The second-order valence-corrected chi connectivity index (χ2v) is 8.62. The van der Waals surface area contributed by atoms with Crippen molar-refractivity contribution in [2.24, 2.45) is 0 Å². The van der Waals surface area contributed by atoms with Crippen molar-refractivity contribution in [3.63, 3.8) is 0 Å². The van der Waals surface area contributed by atoms with E-state index in [1.165, 1.54) is 5.56 Å². The number of carbonyl (C=O) groups is 1. The molecule has 164 valence electrons. The minimum Gasteiger partial charge on any atom is -0.367 e. The number of urea groups is 1. The van der Waals surface area contributed by atoms with Crippen LogP contribution in [-0.2, 0) is 5.41 Å². The van der Waals surface area contributed by atoms with Crippen molar-refractivity contribution in [3.8, 4) is 5.82 Å². The maximum absolute atomic E-state index is 12.1. The van der Waals surface area contributed by atoms with Gasteiger partial charge in [0.05, 0.1) is 5.69 Å². The second-order valence-electron chi connectivity index (χ2n) is 8.62. The Balaban J connectivity index is 1.44. The highest BCUT2D eigenvalue weighted by molar-refractivity contribution is 5.89. The summed E-state index contributed by atoms with van der Waals surface area (Å²) in [6.45, 7) is 13.5. The highest BCUT2D eigenvalue weighted by atomic mass is 16.2. The van der Waals surface area contributed by atoms with Crippen LogP contribution in [0.15, 0.2) is 36.4 Å². The third-order valence-electron chi connectivity index (χ3n) is 5.25. The molecule has 0 atom stereocenters. The van der Waals surface area contributed by atoms with Crippen LogP contribution < -0.4 is 16.0 Å². The first-order valence-electron chi connectivity index (χ1n) is 10.4. The predicted molar refractivity (Wildman–Crippen MR) is 124 cm³/mol. The van der Waals surface area contributed by atoms with Crippen molar-refractivity contribution in [2.75, 3.05) is 23.7 Å². The van der Waals surface area contributed by atoms with Gasteiger partial charge in [-0.2, -0.15) is 5.10 Å². The lowest BCUT2D eigenvalue weighted by molar-refractivity contribution is 0.252. The summed E-state index contributed by atoms with van der Waals surface area (Å²) >= 11 is 0. The quantitative estimate of drug-likeness (QED) is 0.520. The number of rotatable bonds is 6. The molecule has 3 N–H and O–H groups in total. The van der Waals surface area contributed by atoms with Gasteiger partial charge in [-0.15, -0.1) is 10.2 Å². The Hall–Kier alpha value is -3.42. The summed E-state index contributed by atoms with van der Waals surface area (Å²) < 4.78 is 1.79. The summed E-state index contributed by atoms with van der Waals surface area (Å²) in [5.41, 5.74) is 5.26. The Bertz CT molecular complexity index is 1030. The fourth-order valence-corrected chi connectivity index (χ4v) is 3.07. The Morgan fingerprint density at radius 1 is 0.968 bits per heavy atom. The van der Waals surface area contributed by atoms with Crippen LogP contribution in [0.2, 0.25) is 0 Å². The summed E-state index contributed by atoms with van der Waals surface area (Å²) in [6.07, 6.45) is 0. The van der Waals surface area contributed by atoms with E-state index in [2.05, 4.69) is 52.0 Å². The SMILES string of the molecule is Cc1nn(-c2ccc(NCCNC(=O)Nc3ccc(C(C)(C)C)cc3)nn2)c(C)c1C. The third-order valence-corrected chi connectivity index (χ3v) is 5.25. The van der Waals surface area contributed by atoms with Crippen LogP contribution in [0.25, 0.3) is 5.82 Å². The summed E-state index contributed by atoms with van der Waals surface area (Å²) in [4.78, 5) is 12.1. The molecular formula is C23H31N7O. The zero-order valence-corrected chi connectivity index (χ0v) is 19.1. The number of nitrogens with zero attached hydrogens (tertiary/aromatic N) is 4. The van der Waals surface area contributed by atoms with E-state index in [1.54, 1.807) is 4.68 Å². The molecule has 0 unspecified atom stereocenters. The predicted octanol–water partition coefficient (Wildman–Crippen LogP) is 4.12. The summed E-state index contributed by atoms with van der Waals surface area (Å²) in [6, 6.07) is 11.4. The molecule has 3 rings (SSSR count). The normalized spacial score (nSPS) is 11.3. The van der Waals surface area contributed by atoms with Gasteiger partial charge in [-0.25, -0.2) is 9.48 Å². The van der Waals surface area contributed by atoms with Gasteiger partial charge >= 0.3 is 6.03 Å². The number of nitrogens with one attached hydrogen (secondary N) is 3. The van der Waals surface area contributed by atoms with Crippen LogP contribution in [-0.4, -0.2) is 39.1 Å². The second kappa shape index (κ2) is 9.16. The minimum absolute atomic E-state index is 0.0860. The monoisotopic (exact) mass is 421 g/mol. The van der Waals surface area contributed by atoms with Crippen LogP contribution in [0.4, 0.5) is 16.3 Å². The number of amides is 2. The van der Waals surface area contributed by atoms with E-state index >= 15 is 0 Å². The van der Waals surface area contributed by atoms with Gasteiger partial charge in [-0.05, 0) is 61.6 Å².